The van der Waals surface area contributed by atoms with Crippen molar-refractivity contribution in [3.8, 4) is 11.5 Å². The topological polar surface area (TPSA) is 114 Å². The zero-order chi connectivity index (χ0) is 23.5. The van der Waals surface area contributed by atoms with Gasteiger partial charge in [-0.25, -0.2) is 9.59 Å². The van der Waals surface area contributed by atoms with Gasteiger partial charge in [0.25, 0.3) is 5.69 Å². The Kier molecular flexibility index (Phi) is 8.97. The highest BCUT2D eigenvalue weighted by molar-refractivity contribution is 5.89. The molecule has 0 heterocycles. The van der Waals surface area contributed by atoms with E-state index in [4.69, 9.17) is 18.9 Å². The quantitative estimate of drug-likeness (QED) is 0.171. The van der Waals surface area contributed by atoms with Crippen molar-refractivity contribution < 1.29 is 33.5 Å². The molecule has 0 radical (unpaired) electrons. The largest absolute Gasteiger partial charge is 0.493 e. The van der Waals surface area contributed by atoms with E-state index >= 15 is 0 Å². The molecule has 0 spiro atoms. The van der Waals surface area contributed by atoms with E-state index in [0.29, 0.717) is 22.6 Å². The lowest BCUT2D eigenvalue weighted by Gasteiger charge is -2.17. The predicted molar refractivity (Wildman–Crippen MR) is 116 cm³/mol. The van der Waals surface area contributed by atoms with Crippen LogP contribution in [0.4, 0.5) is 5.69 Å². The smallest absolute Gasteiger partial charge is 0.348 e. The molecule has 32 heavy (non-hydrogen) atoms. The lowest BCUT2D eigenvalue weighted by Crippen LogP contribution is -2.31. The standard InChI is InChI=1S/C23H23NO8/c1-4-13-31-23(26)21(15-17-7-11-19(29-2)20(14-17)30-3)32-22(25)12-8-16-5-9-18(10-6-16)24(27)28/h4-12,14,21H,1,13,15H2,2-3H3/b12-8+. The number of non-ortho nitro benzene ring substituents is 1. The van der Waals surface area contributed by atoms with E-state index in [0.717, 1.165) is 6.08 Å². The van der Waals surface area contributed by atoms with Crippen LogP contribution in [0.25, 0.3) is 6.08 Å². The molecule has 9 heteroatoms. The first kappa shape index (κ1) is 24.1. The molecule has 0 saturated carbocycles. The molecule has 0 N–H and O–H groups in total. The zero-order valence-electron chi connectivity index (χ0n) is 17.7. The number of hydrogen-bond acceptors (Lipinski definition) is 8. The molecule has 0 aliphatic carbocycles. The fraction of sp³-hybridized carbons (Fsp3) is 0.217. The Labute approximate surface area is 185 Å². The van der Waals surface area contributed by atoms with Crippen molar-refractivity contribution in [2.45, 2.75) is 12.5 Å². The fourth-order valence-corrected chi connectivity index (χ4v) is 2.68. The lowest BCUT2D eigenvalue weighted by atomic mass is 10.1. The number of hydrogen-bond donors (Lipinski definition) is 0. The molecule has 0 aromatic heterocycles. The van der Waals surface area contributed by atoms with Crippen molar-refractivity contribution in [2.75, 3.05) is 20.8 Å². The Morgan fingerprint density at radius 2 is 1.78 bits per heavy atom. The average Bonchev–Trinajstić information content (AvgIpc) is 2.80. The van der Waals surface area contributed by atoms with Crippen LogP contribution < -0.4 is 9.47 Å². The number of carbonyl (C=O) groups excluding carboxylic acids is 2. The maximum Gasteiger partial charge on any atom is 0.348 e. The van der Waals surface area contributed by atoms with E-state index in [2.05, 4.69) is 6.58 Å². The van der Waals surface area contributed by atoms with Gasteiger partial charge in [0.2, 0.25) is 6.10 Å². The normalized spacial score (nSPS) is 11.4. The van der Waals surface area contributed by atoms with Crippen LogP contribution in [-0.2, 0) is 25.5 Å². The second-order valence-corrected chi connectivity index (χ2v) is 6.42. The van der Waals surface area contributed by atoms with Gasteiger partial charge in [0.05, 0.1) is 19.1 Å². The van der Waals surface area contributed by atoms with E-state index in [1.54, 1.807) is 18.2 Å². The molecule has 0 bridgehead atoms. The number of nitrogens with zero attached hydrogens (tertiary/aromatic N) is 1. The molecular weight excluding hydrogens is 418 g/mol. The molecule has 0 saturated heterocycles. The van der Waals surface area contributed by atoms with Gasteiger partial charge in [-0.2, -0.15) is 0 Å². The fourth-order valence-electron chi connectivity index (χ4n) is 2.68. The summed E-state index contributed by atoms with van der Waals surface area (Å²) in [5, 5.41) is 10.7. The molecule has 0 aliphatic rings. The van der Waals surface area contributed by atoms with E-state index in [1.165, 1.54) is 50.6 Å². The number of nitro benzene ring substituents is 1. The number of carbonyl (C=O) groups is 2. The third-order valence-corrected chi connectivity index (χ3v) is 4.25. The molecule has 2 rings (SSSR count). The number of ether oxygens (including phenoxy) is 4. The molecule has 9 nitrogen and oxygen atoms in total. The van der Waals surface area contributed by atoms with Gasteiger partial charge in [-0.1, -0.05) is 18.7 Å². The number of methoxy groups -OCH3 is 2. The summed E-state index contributed by atoms with van der Waals surface area (Å²) < 4.78 is 20.8. The highest BCUT2D eigenvalue weighted by Gasteiger charge is 2.25. The first-order valence-electron chi connectivity index (χ1n) is 9.49. The van der Waals surface area contributed by atoms with Gasteiger partial charge < -0.3 is 18.9 Å². The highest BCUT2D eigenvalue weighted by Crippen LogP contribution is 2.28. The molecule has 0 fully saturated rings. The molecular formula is C23H23NO8. The van der Waals surface area contributed by atoms with Crippen molar-refractivity contribution in [1.29, 1.82) is 0 Å². The molecule has 1 atom stereocenters. The van der Waals surface area contributed by atoms with E-state index in [1.807, 2.05) is 0 Å². The second kappa shape index (κ2) is 11.9. The van der Waals surface area contributed by atoms with E-state index in [-0.39, 0.29) is 18.7 Å². The van der Waals surface area contributed by atoms with Crippen LogP contribution in [0.2, 0.25) is 0 Å². The summed E-state index contributed by atoms with van der Waals surface area (Å²) in [6.45, 7) is 3.46. The van der Waals surface area contributed by atoms with Gasteiger partial charge in [-0.3, -0.25) is 10.1 Å². The minimum atomic E-state index is -1.21. The Morgan fingerprint density at radius 3 is 2.38 bits per heavy atom. The summed E-state index contributed by atoms with van der Waals surface area (Å²) in [6.07, 6.45) is 2.80. The van der Waals surface area contributed by atoms with Gasteiger partial charge in [0, 0.05) is 24.6 Å². The van der Waals surface area contributed by atoms with E-state index < -0.39 is 23.0 Å². The monoisotopic (exact) mass is 441 g/mol. The number of nitro groups is 1. The first-order valence-corrected chi connectivity index (χ1v) is 9.49. The van der Waals surface area contributed by atoms with Crippen LogP contribution in [-0.4, -0.2) is 43.8 Å². The number of rotatable bonds is 11. The highest BCUT2D eigenvalue weighted by atomic mass is 16.6. The molecule has 168 valence electrons. The van der Waals surface area contributed by atoms with Crippen LogP contribution >= 0.6 is 0 Å². The van der Waals surface area contributed by atoms with Crippen LogP contribution in [0.1, 0.15) is 11.1 Å². The summed E-state index contributed by atoms with van der Waals surface area (Å²) in [5.74, 6) is -0.515. The van der Waals surface area contributed by atoms with Gasteiger partial charge in [0.1, 0.15) is 6.61 Å². The summed E-state index contributed by atoms with van der Waals surface area (Å²) >= 11 is 0. The van der Waals surface area contributed by atoms with Gasteiger partial charge in [0.15, 0.2) is 11.5 Å². The van der Waals surface area contributed by atoms with Gasteiger partial charge in [-0.05, 0) is 41.5 Å². The average molecular weight is 441 g/mol. The zero-order valence-corrected chi connectivity index (χ0v) is 17.7. The summed E-state index contributed by atoms with van der Waals surface area (Å²) in [6, 6.07) is 10.7. The molecule has 0 aliphatic heterocycles. The molecule has 0 amide bonds. The summed E-state index contributed by atoms with van der Waals surface area (Å²) in [7, 11) is 2.99. The van der Waals surface area contributed by atoms with Crippen LogP contribution in [0.5, 0.6) is 11.5 Å². The summed E-state index contributed by atoms with van der Waals surface area (Å²) in [5.41, 5.74) is 1.15. The minimum Gasteiger partial charge on any atom is -0.493 e. The molecule has 2 aromatic carbocycles. The second-order valence-electron chi connectivity index (χ2n) is 6.42. The van der Waals surface area contributed by atoms with Crippen LogP contribution in [0.15, 0.2) is 61.2 Å². The third kappa shape index (κ3) is 6.98. The number of esters is 2. The Morgan fingerprint density at radius 1 is 1.09 bits per heavy atom. The van der Waals surface area contributed by atoms with Crippen LogP contribution in [0, 0.1) is 10.1 Å². The van der Waals surface area contributed by atoms with E-state index in [9.17, 15) is 19.7 Å². The van der Waals surface area contributed by atoms with Crippen molar-refractivity contribution in [2.24, 2.45) is 0 Å². The van der Waals surface area contributed by atoms with Crippen molar-refractivity contribution in [1.82, 2.24) is 0 Å². The Hall–Kier alpha value is -4.14. The number of benzene rings is 2. The summed E-state index contributed by atoms with van der Waals surface area (Å²) in [4.78, 5) is 34.9. The van der Waals surface area contributed by atoms with Crippen LogP contribution in [0.3, 0.4) is 0 Å². The molecule has 1 unspecified atom stereocenters. The van der Waals surface area contributed by atoms with Crippen molar-refractivity contribution in [3.63, 3.8) is 0 Å². The third-order valence-electron chi connectivity index (χ3n) is 4.25. The maximum atomic E-state index is 12.4. The minimum absolute atomic E-state index is 0.0303. The maximum absolute atomic E-state index is 12.4. The first-order chi connectivity index (χ1) is 15.4. The van der Waals surface area contributed by atoms with Crippen molar-refractivity contribution >= 4 is 23.7 Å². The predicted octanol–water partition coefficient (Wildman–Crippen LogP) is 3.51. The SMILES string of the molecule is C=CCOC(=O)C(Cc1ccc(OC)c(OC)c1)OC(=O)/C=C/c1ccc([N+](=O)[O-])cc1. The van der Waals surface area contributed by atoms with Gasteiger partial charge >= 0.3 is 11.9 Å². The Balaban J connectivity index is 2.14. The lowest BCUT2D eigenvalue weighted by molar-refractivity contribution is -0.384. The van der Waals surface area contributed by atoms with Crippen molar-refractivity contribution in [3.05, 3.63) is 82.4 Å². The molecule has 2 aromatic rings. The van der Waals surface area contributed by atoms with Gasteiger partial charge in [-0.15, -0.1) is 0 Å². The Bertz CT molecular complexity index is 998.